The third kappa shape index (κ3) is 3.03. The number of nitrogens with one attached hydrogen (secondary N) is 1. The number of benzene rings is 1. The van der Waals surface area contributed by atoms with Crippen LogP contribution in [0.2, 0.25) is 0 Å². The molecule has 0 radical (unpaired) electrons. The molecule has 1 aromatic carbocycles. The Kier molecular flexibility index (Phi) is 4.79. The summed E-state index contributed by atoms with van der Waals surface area (Å²) < 4.78 is 9.86. The number of carbonyl (C=O) groups is 1. The van der Waals surface area contributed by atoms with Crippen LogP contribution in [-0.2, 0) is 4.74 Å². The molecular formula is C11H15N3O4. The van der Waals surface area contributed by atoms with Gasteiger partial charge in [0, 0.05) is 5.56 Å². The molecule has 0 heterocycles. The Labute approximate surface area is 104 Å². The van der Waals surface area contributed by atoms with Crippen LogP contribution in [0.25, 0.3) is 0 Å². The van der Waals surface area contributed by atoms with E-state index in [2.05, 4.69) is 10.5 Å². The zero-order valence-corrected chi connectivity index (χ0v) is 10.1. The molecule has 1 amide bonds. The summed E-state index contributed by atoms with van der Waals surface area (Å²) in [5, 5.41) is 14.1. The smallest absolute Gasteiger partial charge is 0.411 e. The summed E-state index contributed by atoms with van der Waals surface area (Å²) in [6, 6.07) is 4.87. The van der Waals surface area contributed by atoms with Crippen molar-refractivity contribution in [2.75, 3.05) is 19.0 Å². The number of methoxy groups -OCH3 is 1. The maximum Gasteiger partial charge on any atom is 0.411 e. The zero-order valence-electron chi connectivity index (χ0n) is 10.1. The van der Waals surface area contributed by atoms with E-state index in [-0.39, 0.29) is 18.1 Å². The lowest BCUT2D eigenvalue weighted by molar-refractivity contribution is 0.168. The van der Waals surface area contributed by atoms with E-state index in [0.717, 1.165) is 0 Å². The van der Waals surface area contributed by atoms with E-state index in [9.17, 15) is 4.79 Å². The first-order chi connectivity index (χ1) is 8.63. The number of hydrogen-bond acceptors (Lipinski definition) is 5. The van der Waals surface area contributed by atoms with Crippen molar-refractivity contribution in [3.8, 4) is 5.75 Å². The van der Waals surface area contributed by atoms with Gasteiger partial charge in [0.2, 0.25) is 0 Å². The number of ether oxygens (including phenoxy) is 2. The van der Waals surface area contributed by atoms with Crippen molar-refractivity contribution >= 4 is 17.6 Å². The fourth-order valence-electron chi connectivity index (χ4n) is 1.37. The van der Waals surface area contributed by atoms with E-state index in [1.807, 2.05) is 0 Å². The Morgan fingerprint density at radius 3 is 2.83 bits per heavy atom. The molecule has 0 bridgehead atoms. The molecule has 0 saturated heterocycles. The highest BCUT2D eigenvalue weighted by molar-refractivity contribution is 6.06. The van der Waals surface area contributed by atoms with Gasteiger partial charge in [-0.25, -0.2) is 4.79 Å². The number of rotatable bonds is 4. The fourth-order valence-corrected chi connectivity index (χ4v) is 1.37. The summed E-state index contributed by atoms with van der Waals surface area (Å²) in [5.74, 6) is 0.243. The summed E-state index contributed by atoms with van der Waals surface area (Å²) in [4.78, 5) is 11.4. The molecule has 0 aliphatic carbocycles. The quantitative estimate of drug-likeness (QED) is 0.325. The van der Waals surface area contributed by atoms with Crippen molar-refractivity contribution in [3.05, 3.63) is 23.8 Å². The van der Waals surface area contributed by atoms with Crippen molar-refractivity contribution in [3.63, 3.8) is 0 Å². The number of nitrogens with zero attached hydrogens (tertiary/aromatic N) is 1. The van der Waals surface area contributed by atoms with Gasteiger partial charge >= 0.3 is 6.09 Å². The average Bonchev–Trinajstić information content (AvgIpc) is 2.38. The largest absolute Gasteiger partial charge is 0.495 e. The lowest BCUT2D eigenvalue weighted by Gasteiger charge is -2.13. The minimum Gasteiger partial charge on any atom is -0.495 e. The van der Waals surface area contributed by atoms with Crippen LogP contribution in [0.3, 0.4) is 0 Å². The number of anilines is 1. The van der Waals surface area contributed by atoms with E-state index in [4.69, 9.17) is 20.4 Å². The van der Waals surface area contributed by atoms with Crippen LogP contribution in [0.4, 0.5) is 10.5 Å². The summed E-state index contributed by atoms with van der Waals surface area (Å²) >= 11 is 0. The summed E-state index contributed by atoms with van der Waals surface area (Å²) in [6.07, 6.45) is -0.644. The van der Waals surface area contributed by atoms with Gasteiger partial charge in [-0.3, -0.25) is 5.32 Å². The number of para-hydroxylation sites is 1. The molecule has 0 unspecified atom stereocenters. The highest BCUT2D eigenvalue weighted by atomic mass is 16.5. The first-order valence-electron chi connectivity index (χ1n) is 5.22. The van der Waals surface area contributed by atoms with Crippen LogP contribution in [-0.4, -0.2) is 30.9 Å². The van der Waals surface area contributed by atoms with E-state index >= 15 is 0 Å². The Bertz CT molecular complexity index is 460. The van der Waals surface area contributed by atoms with Gasteiger partial charge in [-0.1, -0.05) is 11.2 Å². The van der Waals surface area contributed by atoms with Crippen LogP contribution in [0.5, 0.6) is 5.75 Å². The normalized spacial score (nSPS) is 10.9. The second kappa shape index (κ2) is 6.33. The van der Waals surface area contributed by atoms with Crippen molar-refractivity contribution < 1.29 is 19.5 Å². The molecule has 7 heteroatoms. The van der Waals surface area contributed by atoms with Gasteiger partial charge in [0.25, 0.3) is 0 Å². The molecule has 18 heavy (non-hydrogen) atoms. The van der Waals surface area contributed by atoms with Crippen LogP contribution in [0, 0.1) is 0 Å². The standard InChI is InChI=1S/C11H15N3O4/c1-3-18-11(15)13-9-7(10(12)14-16)5-4-6-8(9)17-2/h4-6,16H,3H2,1-2H3,(H2,12,14)(H,13,15). The number of amidine groups is 1. The van der Waals surface area contributed by atoms with E-state index in [1.54, 1.807) is 25.1 Å². The first kappa shape index (κ1) is 13.6. The molecule has 0 aliphatic rings. The SMILES string of the molecule is CCOC(=O)Nc1c(OC)cccc1/C(N)=N/O. The van der Waals surface area contributed by atoms with Crippen LogP contribution < -0.4 is 15.8 Å². The molecule has 1 rings (SSSR count). The van der Waals surface area contributed by atoms with Crippen LogP contribution in [0.1, 0.15) is 12.5 Å². The van der Waals surface area contributed by atoms with Crippen molar-refractivity contribution in [2.45, 2.75) is 6.92 Å². The monoisotopic (exact) mass is 253 g/mol. The molecule has 0 aromatic heterocycles. The van der Waals surface area contributed by atoms with Gasteiger partial charge in [0.05, 0.1) is 19.4 Å². The van der Waals surface area contributed by atoms with E-state index < -0.39 is 6.09 Å². The Morgan fingerprint density at radius 1 is 1.56 bits per heavy atom. The van der Waals surface area contributed by atoms with Crippen molar-refractivity contribution in [1.82, 2.24) is 0 Å². The summed E-state index contributed by atoms with van der Waals surface area (Å²) in [7, 11) is 1.45. The number of hydrogen-bond donors (Lipinski definition) is 3. The average molecular weight is 253 g/mol. The maximum absolute atomic E-state index is 11.4. The summed E-state index contributed by atoms with van der Waals surface area (Å²) in [6.45, 7) is 1.92. The molecule has 0 atom stereocenters. The molecule has 4 N–H and O–H groups in total. The number of nitrogens with two attached hydrogens (primary N) is 1. The van der Waals surface area contributed by atoms with Crippen molar-refractivity contribution in [1.29, 1.82) is 0 Å². The Balaban J connectivity index is 3.16. The van der Waals surface area contributed by atoms with Gasteiger partial charge in [0.15, 0.2) is 5.84 Å². The molecule has 0 aliphatic heterocycles. The molecule has 98 valence electrons. The zero-order chi connectivity index (χ0) is 13.5. The number of carbonyl (C=O) groups excluding carboxylic acids is 1. The van der Waals surface area contributed by atoms with E-state index in [1.165, 1.54) is 7.11 Å². The molecular weight excluding hydrogens is 238 g/mol. The Morgan fingerprint density at radius 2 is 2.28 bits per heavy atom. The van der Waals surface area contributed by atoms with Gasteiger partial charge in [-0.15, -0.1) is 0 Å². The second-order valence-electron chi connectivity index (χ2n) is 3.21. The summed E-state index contributed by atoms with van der Waals surface area (Å²) in [5.41, 5.74) is 6.14. The van der Waals surface area contributed by atoms with Gasteiger partial charge in [0.1, 0.15) is 5.75 Å². The molecule has 0 fully saturated rings. The lowest BCUT2D eigenvalue weighted by Crippen LogP contribution is -2.20. The minimum absolute atomic E-state index is 0.138. The van der Waals surface area contributed by atoms with Gasteiger partial charge < -0.3 is 20.4 Å². The Hall–Kier alpha value is -2.44. The first-order valence-corrected chi connectivity index (χ1v) is 5.22. The number of amides is 1. The molecule has 1 aromatic rings. The minimum atomic E-state index is -0.644. The van der Waals surface area contributed by atoms with Crippen LogP contribution in [0.15, 0.2) is 23.4 Å². The van der Waals surface area contributed by atoms with Crippen LogP contribution >= 0.6 is 0 Å². The van der Waals surface area contributed by atoms with Gasteiger partial charge in [-0.2, -0.15) is 0 Å². The molecule has 0 saturated carbocycles. The number of oxime groups is 1. The highest BCUT2D eigenvalue weighted by Gasteiger charge is 2.15. The van der Waals surface area contributed by atoms with E-state index in [0.29, 0.717) is 11.3 Å². The molecule has 7 nitrogen and oxygen atoms in total. The third-order valence-corrected chi connectivity index (χ3v) is 2.13. The molecule has 0 spiro atoms. The second-order valence-corrected chi connectivity index (χ2v) is 3.21. The topological polar surface area (TPSA) is 106 Å². The highest BCUT2D eigenvalue weighted by Crippen LogP contribution is 2.28. The lowest BCUT2D eigenvalue weighted by atomic mass is 10.1. The van der Waals surface area contributed by atoms with Crippen molar-refractivity contribution in [2.24, 2.45) is 10.9 Å². The van der Waals surface area contributed by atoms with Gasteiger partial charge in [-0.05, 0) is 19.1 Å². The predicted octanol–water partition coefficient (Wildman–Crippen LogP) is 1.36. The fraction of sp³-hybridized carbons (Fsp3) is 0.273. The third-order valence-electron chi connectivity index (χ3n) is 2.13. The predicted molar refractivity (Wildman–Crippen MR) is 66.1 cm³/mol. The maximum atomic E-state index is 11.4.